The Hall–Kier alpha value is -1.69. The number of ether oxygens (including phenoxy) is 1. The molecule has 0 aliphatic heterocycles. The fraction of sp³-hybridized carbons (Fsp3) is 0.143. The van der Waals surface area contributed by atoms with Crippen LogP contribution >= 0.6 is 15.9 Å². The third-order valence-corrected chi connectivity index (χ3v) is 3.18. The van der Waals surface area contributed by atoms with E-state index in [2.05, 4.69) is 15.9 Å². The first-order valence-electron chi connectivity index (χ1n) is 5.70. The van der Waals surface area contributed by atoms with Crippen molar-refractivity contribution in [3.05, 3.63) is 58.1 Å². The number of hydrogen-bond acceptors (Lipinski definition) is 2. The van der Waals surface area contributed by atoms with Crippen LogP contribution in [0.15, 0.2) is 46.9 Å². The van der Waals surface area contributed by atoms with Gasteiger partial charge in [-0.1, -0.05) is 22.0 Å². The minimum absolute atomic E-state index is 0.199. The second kappa shape index (κ2) is 5.75. The van der Waals surface area contributed by atoms with Crippen molar-refractivity contribution in [1.82, 2.24) is 0 Å². The highest BCUT2D eigenvalue weighted by atomic mass is 79.9. The largest absolute Gasteiger partial charge is 0.489 e. The summed E-state index contributed by atoms with van der Waals surface area (Å²) < 4.78 is 43.5. The van der Waals surface area contributed by atoms with E-state index in [0.717, 1.165) is 22.2 Å². The van der Waals surface area contributed by atoms with Crippen molar-refractivity contribution >= 4 is 21.6 Å². The van der Waals surface area contributed by atoms with Gasteiger partial charge in [0.15, 0.2) is 0 Å². The maximum Gasteiger partial charge on any atom is 0.416 e. The number of alkyl halides is 3. The van der Waals surface area contributed by atoms with Crippen LogP contribution in [-0.2, 0) is 12.8 Å². The number of halogens is 4. The van der Waals surface area contributed by atoms with Crippen LogP contribution < -0.4 is 10.5 Å². The van der Waals surface area contributed by atoms with Gasteiger partial charge in [0.1, 0.15) is 12.4 Å². The lowest BCUT2D eigenvalue weighted by Gasteiger charge is -2.10. The molecule has 2 N–H and O–H groups in total. The molecule has 2 aromatic carbocycles. The molecule has 0 heterocycles. The van der Waals surface area contributed by atoms with Gasteiger partial charge in [0, 0.05) is 15.7 Å². The molecular formula is C14H11BrF3NO. The molecule has 0 aliphatic rings. The quantitative estimate of drug-likeness (QED) is 0.823. The fourth-order valence-corrected chi connectivity index (χ4v) is 1.98. The molecule has 0 fully saturated rings. The molecule has 0 atom stereocenters. The van der Waals surface area contributed by atoms with Gasteiger partial charge in [-0.15, -0.1) is 0 Å². The summed E-state index contributed by atoms with van der Waals surface area (Å²) in [5.74, 6) is 0.361. The van der Waals surface area contributed by atoms with Gasteiger partial charge in [-0.2, -0.15) is 13.2 Å². The molecule has 0 amide bonds. The summed E-state index contributed by atoms with van der Waals surface area (Å²) in [6.45, 7) is 0.199. The van der Waals surface area contributed by atoms with E-state index in [1.54, 1.807) is 12.1 Å². The Morgan fingerprint density at radius 2 is 1.70 bits per heavy atom. The number of anilines is 1. The van der Waals surface area contributed by atoms with Crippen molar-refractivity contribution in [1.29, 1.82) is 0 Å². The van der Waals surface area contributed by atoms with Crippen molar-refractivity contribution in [2.45, 2.75) is 12.8 Å². The van der Waals surface area contributed by atoms with Crippen LogP contribution in [0.5, 0.6) is 5.75 Å². The Balaban J connectivity index is 2.04. The number of nitrogen functional groups attached to an aromatic ring is 1. The van der Waals surface area contributed by atoms with E-state index in [1.165, 1.54) is 12.1 Å². The molecule has 20 heavy (non-hydrogen) atoms. The van der Waals surface area contributed by atoms with Gasteiger partial charge < -0.3 is 10.5 Å². The van der Waals surface area contributed by atoms with E-state index in [1.807, 2.05) is 6.07 Å². The van der Waals surface area contributed by atoms with Crippen LogP contribution in [0.1, 0.15) is 11.1 Å². The molecule has 0 aliphatic carbocycles. The summed E-state index contributed by atoms with van der Waals surface area (Å²) in [6.07, 6.45) is -4.34. The molecule has 0 radical (unpaired) electrons. The summed E-state index contributed by atoms with van der Waals surface area (Å²) in [6, 6.07) is 9.91. The first-order valence-corrected chi connectivity index (χ1v) is 6.49. The average Bonchev–Trinajstić information content (AvgIpc) is 2.37. The van der Waals surface area contributed by atoms with Gasteiger partial charge in [0.2, 0.25) is 0 Å². The van der Waals surface area contributed by atoms with Crippen molar-refractivity contribution < 1.29 is 17.9 Å². The topological polar surface area (TPSA) is 35.2 Å². The van der Waals surface area contributed by atoms with Crippen LogP contribution in [0.4, 0.5) is 18.9 Å². The Kier molecular flexibility index (Phi) is 4.23. The Labute approximate surface area is 122 Å². The highest BCUT2D eigenvalue weighted by Crippen LogP contribution is 2.30. The summed E-state index contributed by atoms with van der Waals surface area (Å²) >= 11 is 3.29. The van der Waals surface area contributed by atoms with E-state index in [4.69, 9.17) is 10.5 Å². The molecule has 106 valence electrons. The SMILES string of the molecule is Nc1cc(Br)ccc1COc1ccc(C(F)(F)F)cc1. The van der Waals surface area contributed by atoms with Gasteiger partial charge in [-0.05, 0) is 36.4 Å². The zero-order chi connectivity index (χ0) is 14.8. The zero-order valence-electron chi connectivity index (χ0n) is 10.2. The number of nitrogens with two attached hydrogens (primary N) is 1. The lowest BCUT2D eigenvalue weighted by molar-refractivity contribution is -0.137. The predicted molar refractivity (Wildman–Crippen MR) is 74.3 cm³/mol. The molecular weight excluding hydrogens is 335 g/mol. The molecule has 2 aromatic rings. The second-order valence-corrected chi connectivity index (χ2v) is 5.07. The normalized spacial score (nSPS) is 11.4. The Bertz CT molecular complexity index is 596. The maximum atomic E-state index is 12.4. The van der Waals surface area contributed by atoms with Gasteiger partial charge in [-0.3, -0.25) is 0 Å². The summed E-state index contributed by atoms with van der Waals surface area (Å²) in [5, 5.41) is 0. The van der Waals surface area contributed by atoms with E-state index in [9.17, 15) is 13.2 Å². The van der Waals surface area contributed by atoms with E-state index in [-0.39, 0.29) is 6.61 Å². The van der Waals surface area contributed by atoms with E-state index in [0.29, 0.717) is 11.4 Å². The van der Waals surface area contributed by atoms with Crippen LogP contribution in [0, 0.1) is 0 Å². The number of benzene rings is 2. The Morgan fingerprint density at radius 3 is 2.25 bits per heavy atom. The highest BCUT2D eigenvalue weighted by Gasteiger charge is 2.29. The monoisotopic (exact) mass is 345 g/mol. The molecule has 0 bridgehead atoms. The smallest absolute Gasteiger partial charge is 0.416 e. The van der Waals surface area contributed by atoms with E-state index >= 15 is 0 Å². The standard InChI is InChI=1S/C14H11BrF3NO/c15-11-4-1-9(13(19)7-11)8-20-12-5-2-10(3-6-12)14(16,17)18/h1-7H,8,19H2. The van der Waals surface area contributed by atoms with Crippen LogP contribution in [0.2, 0.25) is 0 Å². The molecule has 0 aromatic heterocycles. The molecule has 2 rings (SSSR count). The minimum Gasteiger partial charge on any atom is -0.489 e. The molecule has 0 spiro atoms. The van der Waals surface area contributed by atoms with Gasteiger partial charge >= 0.3 is 6.18 Å². The lowest BCUT2D eigenvalue weighted by Crippen LogP contribution is -2.04. The second-order valence-electron chi connectivity index (χ2n) is 4.15. The maximum absolute atomic E-state index is 12.4. The van der Waals surface area contributed by atoms with E-state index < -0.39 is 11.7 Å². The third-order valence-electron chi connectivity index (χ3n) is 2.68. The van der Waals surface area contributed by atoms with Crippen LogP contribution in [0.3, 0.4) is 0 Å². The van der Waals surface area contributed by atoms with Gasteiger partial charge in [0.25, 0.3) is 0 Å². The number of rotatable bonds is 3. The first-order chi connectivity index (χ1) is 9.36. The lowest BCUT2D eigenvalue weighted by atomic mass is 10.2. The molecule has 0 saturated carbocycles. The zero-order valence-corrected chi connectivity index (χ0v) is 11.8. The Morgan fingerprint density at radius 1 is 1.05 bits per heavy atom. The fourth-order valence-electron chi connectivity index (χ4n) is 1.60. The van der Waals surface area contributed by atoms with Crippen molar-refractivity contribution in [3.63, 3.8) is 0 Å². The van der Waals surface area contributed by atoms with Crippen LogP contribution in [-0.4, -0.2) is 0 Å². The summed E-state index contributed by atoms with van der Waals surface area (Å²) in [4.78, 5) is 0. The summed E-state index contributed by atoms with van der Waals surface area (Å²) in [7, 11) is 0. The molecule has 0 saturated heterocycles. The highest BCUT2D eigenvalue weighted by molar-refractivity contribution is 9.10. The average molecular weight is 346 g/mol. The summed E-state index contributed by atoms with van der Waals surface area (Å²) in [5.41, 5.74) is 6.44. The van der Waals surface area contributed by atoms with Crippen molar-refractivity contribution in [2.75, 3.05) is 5.73 Å². The first kappa shape index (κ1) is 14.7. The predicted octanol–water partition coefficient (Wildman–Crippen LogP) is 4.63. The van der Waals surface area contributed by atoms with Crippen molar-refractivity contribution in [2.24, 2.45) is 0 Å². The van der Waals surface area contributed by atoms with Gasteiger partial charge in [-0.25, -0.2) is 0 Å². The molecule has 0 unspecified atom stereocenters. The number of hydrogen-bond donors (Lipinski definition) is 1. The minimum atomic E-state index is -4.34. The third kappa shape index (κ3) is 3.66. The molecule has 6 heteroatoms. The van der Waals surface area contributed by atoms with Crippen LogP contribution in [0.25, 0.3) is 0 Å². The van der Waals surface area contributed by atoms with Crippen molar-refractivity contribution in [3.8, 4) is 5.75 Å². The van der Waals surface area contributed by atoms with Gasteiger partial charge in [0.05, 0.1) is 5.56 Å². The molecule has 2 nitrogen and oxygen atoms in total.